The molecule has 2 atom stereocenters. The predicted octanol–water partition coefficient (Wildman–Crippen LogP) is 5.74. The number of anilines is 1. The number of hydrogen-bond acceptors (Lipinski definition) is 7. The third-order valence-electron chi connectivity index (χ3n) is 8.27. The van der Waals surface area contributed by atoms with Crippen molar-refractivity contribution in [3.8, 4) is 17.2 Å². The molecule has 48 heavy (non-hydrogen) atoms. The van der Waals surface area contributed by atoms with Crippen molar-refractivity contribution in [1.29, 1.82) is 0 Å². The first kappa shape index (κ1) is 34.0. The Labute approximate surface area is 280 Å². The molecule has 0 spiro atoms. The molecule has 10 nitrogen and oxygen atoms in total. The smallest absolute Gasteiger partial charge is 0.343 e. The number of nitrogens with one attached hydrogen (secondary N) is 3. The zero-order valence-corrected chi connectivity index (χ0v) is 27.4. The lowest BCUT2D eigenvalue weighted by atomic mass is 9.87. The van der Waals surface area contributed by atoms with Crippen molar-refractivity contribution in [3.63, 3.8) is 0 Å². The van der Waals surface area contributed by atoms with Gasteiger partial charge >= 0.3 is 12.0 Å². The molecule has 0 bridgehead atoms. The molecule has 250 valence electrons. The van der Waals surface area contributed by atoms with E-state index >= 15 is 0 Å². The van der Waals surface area contributed by atoms with Gasteiger partial charge in [0.1, 0.15) is 23.3 Å². The lowest BCUT2D eigenvalue weighted by molar-refractivity contribution is -0.123. The molecule has 5 rings (SSSR count). The quantitative estimate of drug-likeness (QED) is 0.109. The summed E-state index contributed by atoms with van der Waals surface area (Å²) in [5.74, 6) is -0.0695. The maximum absolute atomic E-state index is 13.5. The Kier molecular flexibility index (Phi) is 10.7. The number of amides is 3. The number of esters is 1. The molecular formula is C38H42N4O6. The zero-order valence-electron chi connectivity index (χ0n) is 27.4. The van der Waals surface area contributed by atoms with Crippen molar-refractivity contribution in [3.05, 3.63) is 119 Å². The zero-order chi connectivity index (χ0) is 34.3. The second-order valence-electron chi connectivity index (χ2n) is 13.2. The molecule has 1 aliphatic heterocycles. The van der Waals surface area contributed by atoms with Gasteiger partial charge in [-0.25, -0.2) is 9.59 Å². The van der Waals surface area contributed by atoms with Gasteiger partial charge in [-0.2, -0.15) is 0 Å². The molecule has 1 saturated heterocycles. The normalized spacial score (nSPS) is 15.4. The minimum atomic E-state index is -0.889. The van der Waals surface area contributed by atoms with Gasteiger partial charge in [0.15, 0.2) is 0 Å². The highest BCUT2D eigenvalue weighted by Crippen LogP contribution is 2.25. The summed E-state index contributed by atoms with van der Waals surface area (Å²) in [6.45, 7) is 8.49. The topological polar surface area (TPSA) is 140 Å². The highest BCUT2D eigenvalue weighted by atomic mass is 16.5. The van der Waals surface area contributed by atoms with E-state index in [1.807, 2.05) is 24.3 Å². The van der Waals surface area contributed by atoms with Crippen molar-refractivity contribution in [2.45, 2.75) is 57.7 Å². The second kappa shape index (κ2) is 15.0. The van der Waals surface area contributed by atoms with Crippen LogP contribution in [0, 0.1) is 0 Å². The third-order valence-corrected chi connectivity index (χ3v) is 8.27. The minimum Gasteiger partial charge on any atom is -0.508 e. The Morgan fingerprint density at radius 3 is 2.04 bits per heavy atom. The molecule has 0 aromatic heterocycles. The Morgan fingerprint density at radius 1 is 0.833 bits per heavy atom. The van der Waals surface area contributed by atoms with Crippen LogP contribution >= 0.6 is 0 Å². The first-order valence-corrected chi connectivity index (χ1v) is 16.0. The molecule has 0 radical (unpaired) electrons. The number of carbonyl (C=O) groups is 3. The Bertz CT molecular complexity index is 1700. The Hall–Kier alpha value is -5.35. The molecule has 1 fully saturated rings. The van der Waals surface area contributed by atoms with Crippen LogP contribution in [0.5, 0.6) is 17.2 Å². The highest BCUT2D eigenvalue weighted by Gasteiger charge is 2.28. The van der Waals surface area contributed by atoms with E-state index in [9.17, 15) is 24.6 Å². The van der Waals surface area contributed by atoms with Crippen LogP contribution in [0.1, 0.15) is 54.2 Å². The summed E-state index contributed by atoms with van der Waals surface area (Å²) in [5, 5.41) is 27.9. The molecule has 1 unspecified atom stereocenters. The van der Waals surface area contributed by atoms with Gasteiger partial charge in [-0.1, -0.05) is 57.2 Å². The number of phenolic OH excluding ortho intramolecular Hbond substituents is 2. The van der Waals surface area contributed by atoms with E-state index in [1.54, 1.807) is 60.7 Å². The van der Waals surface area contributed by atoms with Gasteiger partial charge < -0.3 is 30.9 Å². The fourth-order valence-electron chi connectivity index (χ4n) is 5.54. The maximum atomic E-state index is 13.5. The Balaban J connectivity index is 1.17. The number of hydrogen-bond donors (Lipinski definition) is 5. The molecule has 10 heteroatoms. The van der Waals surface area contributed by atoms with Crippen LogP contribution in [0.25, 0.3) is 0 Å². The van der Waals surface area contributed by atoms with Crippen molar-refractivity contribution in [2.75, 3.05) is 18.4 Å². The molecule has 4 aromatic carbocycles. The van der Waals surface area contributed by atoms with Gasteiger partial charge in [0.25, 0.3) is 0 Å². The monoisotopic (exact) mass is 650 g/mol. The summed E-state index contributed by atoms with van der Waals surface area (Å²) in [4.78, 5) is 41.5. The largest absolute Gasteiger partial charge is 0.508 e. The average molecular weight is 651 g/mol. The summed E-state index contributed by atoms with van der Waals surface area (Å²) in [6.07, 6.45) is 0.976. The fraction of sp³-hybridized carbons (Fsp3) is 0.289. The van der Waals surface area contributed by atoms with Gasteiger partial charge in [-0.15, -0.1) is 0 Å². The summed E-state index contributed by atoms with van der Waals surface area (Å²) >= 11 is 0. The second-order valence-corrected chi connectivity index (χ2v) is 13.2. The van der Waals surface area contributed by atoms with Crippen molar-refractivity contribution >= 4 is 23.6 Å². The van der Waals surface area contributed by atoms with Crippen LogP contribution in [0.2, 0.25) is 0 Å². The molecule has 1 aliphatic rings. The van der Waals surface area contributed by atoms with Crippen LogP contribution in [-0.4, -0.2) is 58.2 Å². The summed E-state index contributed by atoms with van der Waals surface area (Å²) in [5.41, 5.74) is 3.71. The number of ether oxygens (including phenoxy) is 1. The molecular weight excluding hydrogens is 608 g/mol. The summed E-state index contributed by atoms with van der Waals surface area (Å²) < 4.78 is 5.52. The van der Waals surface area contributed by atoms with E-state index in [1.165, 1.54) is 12.1 Å². The molecule has 1 heterocycles. The molecule has 4 aromatic rings. The molecule has 0 saturated carbocycles. The minimum absolute atomic E-state index is 0.0129. The molecule has 3 amide bonds. The van der Waals surface area contributed by atoms with E-state index in [-0.39, 0.29) is 35.3 Å². The number of carbonyl (C=O) groups excluding carboxylic acids is 3. The van der Waals surface area contributed by atoms with Gasteiger partial charge in [0, 0.05) is 37.8 Å². The Morgan fingerprint density at radius 2 is 1.44 bits per heavy atom. The molecule has 5 N–H and O–H groups in total. The van der Waals surface area contributed by atoms with Gasteiger partial charge in [-0.05, 0) is 89.2 Å². The van der Waals surface area contributed by atoms with Gasteiger partial charge in [0.2, 0.25) is 5.91 Å². The van der Waals surface area contributed by atoms with E-state index < -0.39 is 18.0 Å². The van der Waals surface area contributed by atoms with E-state index in [2.05, 4.69) is 41.6 Å². The van der Waals surface area contributed by atoms with Gasteiger partial charge in [-0.3, -0.25) is 9.69 Å². The highest BCUT2D eigenvalue weighted by molar-refractivity contribution is 5.95. The van der Waals surface area contributed by atoms with Crippen molar-refractivity contribution < 1.29 is 29.3 Å². The number of aromatic hydroxyl groups is 2. The first-order chi connectivity index (χ1) is 22.9. The van der Waals surface area contributed by atoms with Crippen molar-refractivity contribution in [1.82, 2.24) is 15.5 Å². The maximum Gasteiger partial charge on any atom is 0.343 e. The molecule has 0 aliphatic carbocycles. The number of likely N-dealkylation sites (tertiary alicyclic amines) is 1. The number of urea groups is 1. The predicted molar refractivity (Wildman–Crippen MR) is 184 cm³/mol. The lowest BCUT2D eigenvalue weighted by Crippen LogP contribution is -2.52. The standard InChI is InChI=1S/C38H42N4O6/c1-38(2,3)28-10-18-33(19-11-28)48-36(46)27-8-12-29(13-9-27)40-37(47)41-34(22-25-4-14-31(43)15-5-25)35(45)39-30-20-21-42(24-30)23-26-6-16-32(44)17-7-26/h4-19,30,34,43-44H,20-24H2,1-3H3,(H,39,45)(H2,40,41,47)/t30?,34-/m0/s1. The lowest BCUT2D eigenvalue weighted by Gasteiger charge is -2.22. The van der Waals surface area contributed by atoms with E-state index in [4.69, 9.17) is 4.74 Å². The first-order valence-electron chi connectivity index (χ1n) is 16.0. The number of phenols is 2. The van der Waals surface area contributed by atoms with Crippen LogP contribution in [0.15, 0.2) is 97.1 Å². The number of nitrogens with zero attached hydrogens (tertiary/aromatic N) is 1. The van der Waals surface area contributed by atoms with E-state index in [0.29, 0.717) is 30.1 Å². The van der Waals surface area contributed by atoms with Crippen LogP contribution < -0.4 is 20.7 Å². The van der Waals surface area contributed by atoms with Crippen LogP contribution in [0.4, 0.5) is 10.5 Å². The summed E-state index contributed by atoms with van der Waals surface area (Å²) in [6, 6.07) is 25.7. The average Bonchev–Trinajstić information content (AvgIpc) is 3.49. The van der Waals surface area contributed by atoms with Crippen LogP contribution in [0.3, 0.4) is 0 Å². The van der Waals surface area contributed by atoms with Crippen molar-refractivity contribution in [2.24, 2.45) is 0 Å². The third kappa shape index (κ3) is 9.59. The van der Waals surface area contributed by atoms with Crippen LogP contribution in [-0.2, 0) is 23.2 Å². The summed E-state index contributed by atoms with van der Waals surface area (Å²) in [7, 11) is 0. The fourth-order valence-corrected chi connectivity index (χ4v) is 5.54. The number of rotatable bonds is 10. The van der Waals surface area contributed by atoms with Gasteiger partial charge in [0.05, 0.1) is 5.56 Å². The SMILES string of the molecule is CC(C)(C)c1ccc(OC(=O)c2ccc(NC(=O)N[C@@H](Cc3ccc(O)cc3)C(=O)NC3CCN(Cc4ccc(O)cc4)C3)cc2)cc1. The number of benzene rings is 4. The van der Waals surface area contributed by atoms with E-state index in [0.717, 1.165) is 29.7 Å².